The number of amides is 1. The number of hydrogen-bond donors (Lipinski definition) is 1. The van der Waals surface area contributed by atoms with Crippen LogP contribution in [0.4, 0.5) is 5.82 Å². The second-order valence-electron chi connectivity index (χ2n) is 2.12. The van der Waals surface area contributed by atoms with Gasteiger partial charge in [-0.05, 0) is 12.1 Å². The first kappa shape index (κ1) is 7.72. The summed E-state index contributed by atoms with van der Waals surface area (Å²) in [7, 11) is 0. The summed E-state index contributed by atoms with van der Waals surface area (Å²) in [6.07, 6.45) is 2.13. The fourth-order valence-electron chi connectivity index (χ4n) is 0.668. The molecule has 60 valence electrons. The normalized spacial score (nSPS) is 9.18. The predicted molar refractivity (Wildman–Crippen MR) is 45.3 cm³/mol. The number of hydrogen-bond acceptors (Lipinski definition) is 2. The molecule has 0 bridgehead atoms. The van der Waals surface area contributed by atoms with Gasteiger partial charge in [0.2, 0.25) is 5.91 Å². The molecule has 0 saturated carbocycles. The average molecular weight is 152 g/mol. The number of nitrogens with zero attached hydrogens (tertiary/aromatic N) is 1. The molecule has 0 aliphatic heterocycles. The summed E-state index contributed by atoms with van der Waals surface area (Å²) in [6.45, 7) is 1.80. The van der Waals surface area contributed by atoms with Crippen molar-refractivity contribution in [2.24, 2.45) is 0 Å². The molecule has 0 aliphatic carbocycles. The molecule has 1 rings (SSSR count). The number of rotatable bonds is 2. The van der Waals surface area contributed by atoms with Crippen molar-refractivity contribution in [3.63, 3.8) is 0 Å². The molecule has 3 heteroatoms. The molecule has 0 unspecified atom stereocenters. The Morgan fingerprint density at radius 2 is 2.55 bits per heavy atom. The maximum absolute atomic E-state index is 10.8. The molecule has 1 aromatic heterocycles. The van der Waals surface area contributed by atoms with E-state index in [4.69, 9.17) is 0 Å². The Kier molecular flexibility index (Phi) is 2.60. The fourth-order valence-corrected chi connectivity index (χ4v) is 0.668. The third-order valence-corrected chi connectivity index (χ3v) is 1.25. The van der Waals surface area contributed by atoms with Crippen molar-refractivity contribution in [2.45, 2.75) is 13.3 Å². The molecule has 0 saturated heterocycles. The van der Waals surface area contributed by atoms with E-state index in [2.05, 4.69) is 10.3 Å². The second-order valence-corrected chi connectivity index (χ2v) is 2.12. The van der Waals surface area contributed by atoms with Gasteiger partial charge in [-0.15, -0.1) is 0 Å². The average Bonchev–Trinajstić information content (AvgIpc) is 2.06. The van der Waals surface area contributed by atoms with Crippen LogP contribution in [-0.2, 0) is 4.79 Å². The summed E-state index contributed by atoms with van der Waals surface area (Å²) in [4.78, 5) is 14.8. The number of anilines is 1. The molecule has 3 nitrogen and oxygen atoms in total. The van der Waals surface area contributed by atoms with Crippen molar-refractivity contribution < 1.29 is 6.22 Å². The maximum atomic E-state index is 10.8. The summed E-state index contributed by atoms with van der Waals surface area (Å²) < 4.78 is 0. The Bertz CT molecular complexity index is 238. The minimum atomic E-state index is -0.0105. The summed E-state index contributed by atoms with van der Waals surface area (Å²) in [5, 5.41) is 2.64. The van der Waals surface area contributed by atoms with Gasteiger partial charge in [0.25, 0.3) is 0 Å². The predicted octanol–water partition coefficient (Wildman–Crippen LogP) is 1.68. The first-order valence-electron chi connectivity index (χ1n) is 3.54. The van der Waals surface area contributed by atoms with Crippen LogP contribution in [0.15, 0.2) is 24.4 Å². The Morgan fingerprint density at radius 3 is 3.09 bits per heavy atom. The van der Waals surface area contributed by atoms with Crippen molar-refractivity contribution >= 4 is 11.7 Å². The quantitative estimate of drug-likeness (QED) is 0.700. The summed E-state index contributed by atoms with van der Waals surface area (Å²) in [6, 6.07) is 5.40. The number of nitrogens with one attached hydrogen (secondary N) is 1. The Balaban J connectivity index is 0.00000121. The highest BCUT2D eigenvalue weighted by Crippen LogP contribution is 1.99. The van der Waals surface area contributed by atoms with E-state index in [0.29, 0.717) is 12.2 Å². The number of aromatic nitrogens is 1. The lowest BCUT2D eigenvalue weighted by molar-refractivity contribution is -0.115. The van der Waals surface area contributed by atoms with Crippen molar-refractivity contribution in [3.8, 4) is 0 Å². The van der Waals surface area contributed by atoms with Crippen LogP contribution in [0.3, 0.4) is 0 Å². The molecule has 0 atom stereocenters. The van der Waals surface area contributed by atoms with Crippen LogP contribution in [0, 0.1) is 0 Å². The van der Waals surface area contributed by atoms with Crippen molar-refractivity contribution in [1.82, 2.24) is 4.98 Å². The van der Waals surface area contributed by atoms with E-state index in [1.807, 2.05) is 12.1 Å². The summed E-state index contributed by atoms with van der Waals surface area (Å²) in [5.74, 6) is 0.600. The first-order chi connectivity index (χ1) is 5.33. The molecule has 0 radical (unpaired) electrons. The number of carbonyl (C=O) groups is 1. The SMILES string of the molecule is CCC(=O)Nc1ccccn1.[HH]. The van der Waals surface area contributed by atoms with Gasteiger partial charge in [-0.1, -0.05) is 13.0 Å². The van der Waals surface area contributed by atoms with E-state index in [-0.39, 0.29) is 7.33 Å². The van der Waals surface area contributed by atoms with Gasteiger partial charge in [0.15, 0.2) is 0 Å². The molecule has 1 heterocycles. The van der Waals surface area contributed by atoms with Gasteiger partial charge in [-0.25, -0.2) is 4.98 Å². The van der Waals surface area contributed by atoms with E-state index in [0.717, 1.165) is 0 Å². The molecular weight excluding hydrogens is 140 g/mol. The molecule has 1 amide bonds. The molecule has 1 aromatic rings. The Labute approximate surface area is 66.9 Å². The molecule has 0 fully saturated rings. The van der Waals surface area contributed by atoms with E-state index < -0.39 is 0 Å². The van der Waals surface area contributed by atoms with Crippen LogP contribution in [-0.4, -0.2) is 10.9 Å². The van der Waals surface area contributed by atoms with Gasteiger partial charge in [-0.3, -0.25) is 4.79 Å². The Morgan fingerprint density at radius 1 is 1.73 bits per heavy atom. The van der Waals surface area contributed by atoms with Gasteiger partial charge in [0.05, 0.1) is 0 Å². The highest BCUT2D eigenvalue weighted by Gasteiger charge is 1.96. The lowest BCUT2D eigenvalue weighted by Crippen LogP contribution is -2.10. The summed E-state index contributed by atoms with van der Waals surface area (Å²) in [5.41, 5.74) is 0. The highest BCUT2D eigenvalue weighted by molar-refractivity contribution is 5.89. The fraction of sp³-hybridized carbons (Fsp3) is 0.250. The molecule has 11 heavy (non-hydrogen) atoms. The van der Waals surface area contributed by atoms with Crippen molar-refractivity contribution in [1.29, 1.82) is 0 Å². The van der Waals surface area contributed by atoms with Crippen LogP contribution in [0.5, 0.6) is 0 Å². The number of pyridine rings is 1. The zero-order chi connectivity index (χ0) is 8.10. The minimum absolute atomic E-state index is 0. The maximum Gasteiger partial charge on any atom is 0.225 e. The second kappa shape index (κ2) is 3.71. The third-order valence-electron chi connectivity index (χ3n) is 1.25. The first-order valence-corrected chi connectivity index (χ1v) is 3.54. The van der Waals surface area contributed by atoms with E-state index in [9.17, 15) is 4.79 Å². The lowest BCUT2D eigenvalue weighted by Gasteiger charge is -1.99. The zero-order valence-electron chi connectivity index (χ0n) is 6.37. The van der Waals surface area contributed by atoms with Crippen molar-refractivity contribution in [3.05, 3.63) is 24.4 Å². The minimum Gasteiger partial charge on any atom is -0.311 e. The molecule has 1 N–H and O–H groups in total. The van der Waals surface area contributed by atoms with E-state index in [1.165, 1.54) is 0 Å². The molecule has 0 spiro atoms. The molecular formula is C8H12N2O. The highest BCUT2D eigenvalue weighted by atomic mass is 16.1. The van der Waals surface area contributed by atoms with Crippen LogP contribution in [0.2, 0.25) is 0 Å². The zero-order valence-corrected chi connectivity index (χ0v) is 6.37. The van der Waals surface area contributed by atoms with E-state index in [1.54, 1.807) is 19.2 Å². The summed E-state index contributed by atoms with van der Waals surface area (Å²) >= 11 is 0. The van der Waals surface area contributed by atoms with Gasteiger partial charge in [-0.2, -0.15) is 0 Å². The lowest BCUT2D eigenvalue weighted by atomic mass is 10.4. The van der Waals surface area contributed by atoms with E-state index >= 15 is 0 Å². The van der Waals surface area contributed by atoms with Crippen LogP contribution >= 0.6 is 0 Å². The monoisotopic (exact) mass is 152 g/mol. The van der Waals surface area contributed by atoms with Gasteiger partial charge in [0.1, 0.15) is 5.82 Å². The van der Waals surface area contributed by atoms with Crippen LogP contribution in [0.25, 0.3) is 0 Å². The third kappa shape index (κ3) is 2.37. The van der Waals surface area contributed by atoms with Crippen LogP contribution < -0.4 is 5.32 Å². The largest absolute Gasteiger partial charge is 0.311 e. The topological polar surface area (TPSA) is 42.0 Å². The van der Waals surface area contributed by atoms with Gasteiger partial charge < -0.3 is 5.32 Å². The Hall–Kier alpha value is -1.38. The molecule has 0 aromatic carbocycles. The standard InChI is InChI=1S/C8H10N2O.H2/c1-2-8(11)10-7-5-3-4-6-9-7;/h3-6H,2H2,1H3,(H,9,10,11);1H. The molecule has 0 aliphatic rings. The van der Waals surface area contributed by atoms with Crippen molar-refractivity contribution in [2.75, 3.05) is 5.32 Å². The van der Waals surface area contributed by atoms with Crippen LogP contribution in [0.1, 0.15) is 14.8 Å². The van der Waals surface area contributed by atoms with Gasteiger partial charge >= 0.3 is 0 Å². The smallest absolute Gasteiger partial charge is 0.225 e. The van der Waals surface area contributed by atoms with Gasteiger partial charge in [0, 0.05) is 14.0 Å². The number of carbonyl (C=O) groups excluding carboxylic acids is 1.